The Balaban J connectivity index is 2.71. The first-order valence-electron chi connectivity index (χ1n) is 4.40. The second kappa shape index (κ2) is 3.65. The summed E-state index contributed by atoms with van der Waals surface area (Å²) in [4.78, 5) is 11.1. The van der Waals surface area contributed by atoms with Crippen molar-refractivity contribution in [3.05, 3.63) is 34.5 Å². The Morgan fingerprint density at radius 1 is 1.13 bits per heavy atom. The van der Waals surface area contributed by atoms with Crippen molar-refractivity contribution >= 4 is 0 Å². The Morgan fingerprint density at radius 2 is 1.93 bits per heavy atom. The van der Waals surface area contributed by atoms with Crippen molar-refractivity contribution in [1.82, 2.24) is 0 Å². The van der Waals surface area contributed by atoms with Crippen molar-refractivity contribution in [1.29, 1.82) is 0 Å². The molecule has 0 unspecified atom stereocenters. The highest BCUT2D eigenvalue weighted by Gasteiger charge is 2.13. The van der Waals surface area contributed by atoms with Crippen LogP contribution in [0, 0.1) is 0 Å². The molecule has 15 heavy (non-hydrogen) atoms. The molecule has 78 valence electrons. The molecule has 0 aromatic rings. The third kappa shape index (κ3) is 1.66. The van der Waals surface area contributed by atoms with Crippen LogP contribution in [0.15, 0.2) is 33.5 Å². The van der Waals surface area contributed by atoms with E-state index in [1.165, 1.54) is 26.4 Å². The zero-order valence-electron chi connectivity index (χ0n) is 8.44. The van der Waals surface area contributed by atoms with Crippen LogP contribution >= 0.6 is 0 Å². The molecule has 0 fully saturated rings. The molecule has 0 amide bonds. The van der Waals surface area contributed by atoms with E-state index in [4.69, 9.17) is 13.9 Å². The van der Waals surface area contributed by atoms with Crippen LogP contribution in [0.1, 0.15) is 0 Å². The summed E-state index contributed by atoms with van der Waals surface area (Å²) in [6.45, 7) is 0. The summed E-state index contributed by atoms with van der Waals surface area (Å²) in [6, 6.07) is 6.33. The average Bonchev–Trinajstić information content (AvgIpc) is 2.27. The molecule has 4 heteroatoms. The predicted octanol–water partition coefficient (Wildman–Crippen LogP) is 1.76. The van der Waals surface area contributed by atoms with E-state index < -0.39 is 0 Å². The summed E-state index contributed by atoms with van der Waals surface area (Å²) in [6.07, 6.45) is 0. The Bertz CT molecular complexity index is 501. The molecule has 0 spiro atoms. The molecule has 1 heterocycles. The SMILES string of the molecule is COc1cc2ccc(=O)cc-2oc1OC. The molecule has 0 aromatic carbocycles. The minimum Gasteiger partial charge on any atom is -0.490 e. The van der Waals surface area contributed by atoms with Crippen LogP contribution in [0.5, 0.6) is 11.7 Å². The molecule has 0 bridgehead atoms. The Kier molecular flexibility index (Phi) is 2.33. The van der Waals surface area contributed by atoms with Crippen LogP contribution < -0.4 is 14.9 Å². The van der Waals surface area contributed by atoms with Gasteiger partial charge >= 0.3 is 5.95 Å². The standard InChI is InChI=1S/C11H10O4/c1-13-10-5-7-3-4-8(12)6-9(7)15-11(10)14-2/h3-6H,1-2H3. The Labute approximate surface area is 86.4 Å². The third-order valence-electron chi connectivity index (χ3n) is 2.08. The van der Waals surface area contributed by atoms with Crippen molar-refractivity contribution in [3.8, 4) is 23.0 Å². The Morgan fingerprint density at radius 3 is 2.60 bits per heavy atom. The summed E-state index contributed by atoms with van der Waals surface area (Å²) in [7, 11) is 3.01. The highest BCUT2D eigenvalue weighted by Crippen LogP contribution is 2.34. The zero-order valence-corrected chi connectivity index (χ0v) is 8.44. The van der Waals surface area contributed by atoms with Gasteiger partial charge in [0, 0.05) is 11.6 Å². The van der Waals surface area contributed by atoms with Crippen LogP contribution in [0.2, 0.25) is 0 Å². The molecule has 0 radical (unpaired) electrons. The number of hydrogen-bond donors (Lipinski definition) is 0. The summed E-state index contributed by atoms with van der Waals surface area (Å²) in [5.41, 5.74) is 0.700. The maximum atomic E-state index is 11.1. The van der Waals surface area contributed by atoms with E-state index in [9.17, 15) is 4.79 Å². The Hall–Kier alpha value is -1.97. The van der Waals surface area contributed by atoms with Gasteiger partial charge in [0.15, 0.2) is 5.43 Å². The number of benzene rings is 1. The van der Waals surface area contributed by atoms with E-state index in [0.717, 1.165) is 5.56 Å². The normalized spacial score (nSPS) is 10.3. The molecule has 4 nitrogen and oxygen atoms in total. The first-order valence-corrected chi connectivity index (χ1v) is 4.40. The molecular formula is C11H10O4. The lowest BCUT2D eigenvalue weighted by Crippen LogP contribution is -1.99. The molecule has 1 aliphatic carbocycles. The van der Waals surface area contributed by atoms with Gasteiger partial charge in [0.1, 0.15) is 5.76 Å². The fourth-order valence-corrected chi connectivity index (χ4v) is 1.36. The lowest BCUT2D eigenvalue weighted by atomic mass is 10.1. The summed E-state index contributed by atoms with van der Waals surface area (Å²) < 4.78 is 15.4. The fourth-order valence-electron chi connectivity index (χ4n) is 1.36. The molecule has 2 aliphatic rings. The van der Waals surface area contributed by atoms with E-state index >= 15 is 0 Å². The largest absolute Gasteiger partial charge is 0.490 e. The van der Waals surface area contributed by atoms with Gasteiger partial charge in [0.2, 0.25) is 5.75 Å². The summed E-state index contributed by atoms with van der Waals surface area (Å²) in [5, 5.41) is 0. The van der Waals surface area contributed by atoms with E-state index in [0.29, 0.717) is 11.5 Å². The molecular weight excluding hydrogens is 196 g/mol. The van der Waals surface area contributed by atoms with Crippen LogP contribution in [-0.4, -0.2) is 14.2 Å². The highest BCUT2D eigenvalue weighted by molar-refractivity contribution is 5.62. The molecule has 0 aromatic heterocycles. The lowest BCUT2D eigenvalue weighted by Gasteiger charge is -2.10. The summed E-state index contributed by atoms with van der Waals surface area (Å²) in [5.74, 6) is 1.25. The second-order valence-electron chi connectivity index (χ2n) is 3.01. The number of hydrogen-bond acceptors (Lipinski definition) is 4. The van der Waals surface area contributed by atoms with Gasteiger partial charge in [0.05, 0.1) is 14.2 Å². The average molecular weight is 206 g/mol. The quantitative estimate of drug-likeness (QED) is 0.751. The maximum absolute atomic E-state index is 11.1. The van der Waals surface area contributed by atoms with Gasteiger partial charge in [0.25, 0.3) is 0 Å². The van der Waals surface area contributed by atoms with E-state index in [1.54, 1.807) is 12.1 Å². The predicted molar refractivity (Wildman–Crippen MR) is 54.7 cm³/mol. The van der Waals surface area contributed by atoms with Crippen molar-refractivity contribution in [2.24, 2.45) is 0 Å². The van der Waals surface area contributed by atoms with E-state index in [-0.39, 0.29) is 11.4 Å². The highest BCUT2D eigenvalue weighted by atomic mass is 16.6. The summed E-state index contributed by atoms with van der Waals surface area (Å²) >= 11 is 0. The van der Waals surface area contributed by atoms with Gasteiger partial charge in [-0.25, -0.2) is 0 Å². The second-order valence-corrected chi connectivity index (χ2v) is 3.01. The fraction of sp³-hybridized carbons (Fsp3) is 0.182. The van der Waals surface area contributed by atoms with Crippen LogP contribution in [0.25, 0.3) is 11.3 Å². The van der Waals surface area contributed by atoms with Crippen molar-refractivity contribution in [3.63, 3.8) is 0 Å². The van der Waals surface area contributed by atoms with Gasteiger partial charge in [-0.3, -0.25) is 4.79 Å². The zero-order chi connectivity index (χ0) is 10.8. The molecule has 0 atom stereocenters. The number of fused-ring (bicyclic) bond motifs is 1. The van der Waals surface area contributed by atoms with Crippen molar-refractivity contribution < 1.29 is 13.9 Å². The lowest BCUT2D eigenvalue weighted by molar-refractivity contribution is 0.269. The minimum atomic E-state index is -0.0986. The van der Waals surface area contributed by atoms with Gasteiger partial charge < -0.3 is 13.9 Å². The number of rotatable bonds is 2. The molecule has 2 rings (SSSR count). The van der Waals surface area contributed by atoms with Gasteiger partial charge in [-0.15, -0.1) is 0 Å². The van der Waals surface area contributed by atoms with Gasteiger partial charge in [-0.2, -0.15) is 0 Å². The first kappa shape index (κ1) is 9.58. The smallest absolute Gasteiger partial charge is 0.328 e. The van der Waals surface area contributed by atoms with Gasteiger partial charge in [-0.1, -0.05) is 0 Å². The van der Waals surface area contributed by atoms with Crippen LogP contribution in [0.3, 0.4) is 0 Å². The molecule has 0 N–H and O–H groups in total. The van der Waals surface area contributed by atoms with Crippen LogP contribution in [-0.2, 0) is 0 Å². The molecule has 1 aliphatic heterocycles. The number of ether oxygens (including phenoxy) is 2. The first-order chi connectivity index (χ1) is 7.24. The van der Waals surface area contributed by atoms with Crippen LogP contribution in [0.4, 0.5) is 0 Å². The maximum Gasteiger partial charge on any atom is 0.328 e. The van der Waals surface area contributed by atoms with E-state index in [1.807, 2.05) is 0 Å². The van der Waals surface area contributed by atoms with E-state index in [2.05, 4.69) is 0 Å². The molecule has 0 saturated carbocycles. The molecule has 0 saturated heterocycles. The monoisotopic (exact) mass is 206 g/mol. The minimum absolute atomic E-state index is 0.0986. The van der Waals surface area contributed by atoms with Crippen molar-refractivity contribution in [2.45, 2.75) is 0 Å². The van der Waals surface area contributed by atoms with Crippen molar-refractivity contribution in [2.75, 3.05) is 14.2 Å². The number of methoxy groups -OCH3 is 2. The van der Waals surface area contributed by atoms with Gasteiger partial charge in [-0.05, 0) is 18.2 Å². The third-order valence-corrected chi connectivity index (χ3v) is 2.08. The topological polar surface area (TPSA) is 48.7 Å².